The number of anilines is 1. The van der Waals surface area contributed by atoms with Gasteiger partial charge in [-0.1, -0.05) is 12.1 Å². The lowest BCUT2D eigenvalue weighted by Crippen LogP contribution is -2.45. The van der Waals surface area contributed by atoms with Crippen LogP contribution in [0.2, 0.25) is 0 Å². The second-order valence-corrected chi connectivity index (χ2v) is 6.27. The van der Waals surface area contributed by atoms with E-state index in [1.165, 1.54) is 0 Å². The number of carbonyl (C=O) groups excluding carboxylic acids is 2. The Morgan fingerprint density at radius 2 is 2.00 bits per heavy atom. The first kappa shape index (κ1) is 18.3. The van der Waals surface area contributed by atoms with Crippen molar-refractivity contribution in [3.8, 4) is 0 Å². The van der Waals surface area contributed by atoms with Crippen molar-refractivity contribution < 1.29 is 14.3 Å². The smallest absolute Gasteiger partial charge is 0.319 e. The number of amides is 3. The van der Waals surface area contributed by atoms with Crippen molar-refractivity contribution in [2.75, 3.05) is 39.1 Å². The first-order valence-corrected chi connectivity index (χ1v) is 8.45. The van der Waals surface area contributed by atoms with E-state index in [1.54, 1.807) is 23.9 Å². The highest BCUT2D eigenvalue weighted by Gasteiger charge is 2.27. The summed E-state index contributed by atoms with van der Waals surface area (Å²) in [6.45, 7) is 4.42. The number of piperidine rings is 1. The molecule has 6 nitrogen and oxygen atoms in total. The molecule has 3 amide bonds. The van der Waals surface area contributed by atoms with Gasteiger partial charge in [-0.15, -0.1) is 0 Å². The molecule has 24 heavy (non-hydrogen) atoms. The number of rotatable bonds is 5. The van der Waals surface area contributed by atoms with Crippen LogP contribution in [0.1, 0.15) is 25.3 Å². The maximum Gasteiger partial charge on any atom is 0.319 e. The molecular formula is C18H27N3O3. The van der Waals surface area contributed by atoms with Crippen molar-refractivity contribution in [3.05, 3.63) is 29.8 Å². The maximum atomic E-state index is 12.4. The highest BCUT2D eigenvalue weighted by Crippen LogP contribution is 2.20. The standard InChI is InChI=1S/C18H27N3O3/c1-4-24-13-14-6-5-7-16(12-14)19-17(22)15-8-10-21(11-9-15)18(23)20(2)3/h5-7,12,15H,4,8-11,13H2,1-3H3,(H,19,22). The van der Waals surface area contributed by atoms with Crippen molar-refractivity contribution in [1.29, 1.82) is 0 Å². The fourth-order valence-electron chi connectivity index (χ4n) is 2.82. The summed E-state index contributed by atoms with van der Waals surface area (Å²) < 4.78 is 5.40. The van der Waals surface area contributed by atoms with E-state index >= 15 is 0 Å². The number of nitrogens with one attached hydrogen (secondary N) is 1. The van der Waals surface area contributed by atoms with E-state index in [1.807, 2.05) is 31.2 Å². The Morgan fingerprint density at radius 3 is 2.62 bits per heavy atom. The van der Waals surface area contributed by atoms with Gasteiger partial charge in [0.05, 0.1) is 6.61 Å². The number of hydrogen-bond donors (Lipinski definition) is 1. The lowest BCUT2D eigenvalue weighted by molar-refractivity contribution is -0.121. The zero-order chi connectivity index (χ0) is 17.5. The third-order valence-electron chi connectivity index (χ3n) is 4.19. The number of urea groups is 1. The van der Waals surface area contributed by atoms with Crippen LogP contribution in [0.4, 0.5) is 10.5 Å². The molecule has 2 rings (SSSR count). The Bertz CT molecular complexity index is 566. The lowest BCUT2D eigenvalue weighted by Gasteiger charge is -2.33. The number of benzene rings is 1. The van der Waals surface area contributed by atoms with E-state index in [2.05, 4.69) is 5.32 Å². The Morgan fingerprint density at radius 1 is 1.29 bits per heavy atom. The van der Waals surface area contributed by atoms with Crippen LogP contribution in [0, 0.1) is 5.92 Å². The Balaban J connectivity index is 1.86. The van der Waals surface area contributed by atoms with E-state index in [0.29, 0.717) is 39.1 Å². The number of likely N-dealkylation sites (tertiary alicyclic amines) is 1. The van der Waals surface area contributed by atoms with Crippen LogP contribution in [0.25, 0.3) is 0 Å². The predicted octanol–water partition coefficient (Wildman–Crippen LogP) is 2.56. The van der Waals surface area contributed by atoms with Crippen molar-refractivity contribution in [1.82, 2.24) is 9.80 Å². The lowest BCUT2D eigenvalue weighted by atomic mass is 9.96. The molecule has 1 heterocycles. The SMILES string of the molecule is CCOCc1cccc(NC(=O)C2CCN(C(=O)N(C)C)CC2)c1. The Kier molecular flexibility index (Phi) is 6.61. The van der Waals surface area contributed by atoms with E-state index in [-0.39, 0.29) is 17.9 Å². The molecule has 1 N–H and O–H groups in total. The van der Waals surface area contributed by atoms with Gasteiger partial charge < -0.3 is 19.9 Å². The summed E-state index contributed by atoms with van der Waals surface area (Å²) in [4.78, 5) is 27.7. The highest BCUT2D eigenvalue weighted by atomic mass is 16.5. The second kappa shape index (κ2) is 8.68. The van der Waals surface area contributed by atoms with Crippen LogP contribution in [-0.4, -0.2) is 55.5 Å². The number of nitrogens with zero attached hydrogens (tertiary/aromatic N) is 2. The Labute approximate surface area is 143 Å². The molecule has 0 bridgehead atoms. The van der Waals surface area contributed by atoms with Gasteiger partial charge in [0, 0.05) is 45.4 Å². The average molecular weight is 333 g/mol. The molecule has 0 spiro atoms. The third kappa shape index (κ3) is 4.96. The molecular weight excluding hydrogens is 306 g/mol. The summed E-state index contributed by atoms with van der Waals surface area (Å²) in [5.74, 6) is -0.0210. The summed E-state index contributed by atoms with van der Waals surface area (Å²) in [5.41, 5.74) is 1.84. The maximum absolute atomic E-state index is 12.4. The molecule has 0 saturated carbocycles. The first-order valence-electron chi connectivity index (χ1n) is 8.45. The number of carbonyl (C=O) groups is 2. The quantitative estimate of drug-likeness (QED) is 0.901. The second-order valence-electron chi connectivity index (χ2n) is 6.27. The molecule has 1 aromatic carbocycles. The van der Waals surface area contributed by atoms with Gasteiger partial charge in [-0.3, -0.25) is 4.79 Å². The van der Waals surface area contributed by atoms with Crippen LogP contribution in [0.3, 0.4) is 0 Å². The monoisotopic (exact) mass is 333 g/mol. The van der Waals surface area contributed by atoms with Gasteiger partial charge in [-0.05, 0) is 37.5 Å². The van der Waals surface area contributed by atoms with Crippen molar-refractivity contribution in [2.24, 2.45) is 5.92 Å². The summed E-state index contributed by atoms with van der Waals surface area (Å²) in [6.07, 6.45) is 1.40. The molecule has 0 aliphatic carbocycles. The van der Waals surface area contributed by atoms with Crippen LogP contribution in [-0.2, 0) is 16.1 Å². The van der Waals surface area contributed by atoms with E-state index in [0.717, 1.165) is 11.3 Å². The summed E-state index contributed by atoms with van der Waals surface area (Å²) in [5, 5.41) is 2.99. The average Bonchev–Trinajstić information content (AvgIpc) is 2.59. The predicted molar refractivity (Wildman–Crippen MR) is 93.8 cm³/mol. The molecule has 1 saturated heterocycles. The number of ether oxygens (including phenoxy) is 1. The van der Waals surface area contributed by atoms with Gasteiger partial charge in [0.25, 0.3) is 0 Å². The Hall–Kier alpha value is -2.08. The topological polar surface area (TPSA) is 61.9 Å². The van der Waals surface area contributed by atoms with Crippen LogP contribution < -0.4 is 5.32 Å². The molecule has 0 unspecified atom stereocenters. The minimum Gasteiger partial charge on any atom is -0.377 e. The van der Waals surface area contributed by atoms with Gasteiger partial charge in [0.2, 0.25) is 5.91 Å². The van der Waals surface area contributed by atoms with E-state index in [4.69, 9.17) is 4.74 Å². The molecule has 6 heteroatoms. The van der Waals surface area contributed by atoms with Crippen LogP contribution >= 0.6 is 0 Å². The van der Waals surface area contributed by atoms with Gasteiger partial charge in [-0.25, -0.2) is 4.79 Å². The molecule has 0 radical (unpaired) electrons. The summed E-state index contributed by atoms with van der Waals surface area (Å²) >= 11 is 0. The molecule has 1 aliphatic heterocycles. The zero-order valence-corrected chi connectivity index (χ0v) is 14.7. The molecule has 0 aromatic heterocycles. The van der Waals surface area contributed by atoms with Crippen molar-refractivity contribution >= 4 is 17.6 Å². The minimum atomic E-state index is -0.0493. The molecule has 132 valence electrons. The normalized spacial score (nSPS) is 15.2. The molecule has 1 fully saturated rings. The fourth-order valence-corrected chi connectivity index (χ4v) is 2.82. The van der Waals surface area contributed by atoms with Gasteiger partial charge in [-0.2, -0.15) is 0 Å². The fraction of sp³-hybridized carbons (Fsp3) is 0.556. The first-order chi connectivity index (χ1) is 11.5. The van der Waals surface area contributed by atoms with E-state index in [9.17, 15) is 9.59 Å². The van der Waals surface area contributed by atoms with Gasteiger partial charge >= 0.3 is 6.03 Å². The minimum absolute atomic E-state index is 0.0116. The van der Waals surface area contributed by atoms with Gasteiger partial charge in [0.15, 0.2) is 0 Å². The molecule has 1 aromatic rings. The van der Waals surface area contributed by atoms with Crippen molar-refractivity contribution in [3.63, 3.8) is 0 Å². The summed E-state index contributed by atoms with van der Waals surface area (Å²) in [6, 6.07) is 7.74. The van der Waals surface area contributed by atoms with Crippen LogP contribution in [0.15, 0.2) is 24.3 Å². The summed E-state index contributed by atoms with van der Waals surface area (Å²) in [7, 11) is 3.49. The van der Waals surface area contributed by atoms with Gasteiger partial charge in [0.1, 0.15) is 0 Å². The van der Waals surface area contributed by atoms with E-state index < -0.39 is 0 Å². The third-order valence-corrected chi connectivity index (χ3v) is 4.19. The molecule has 0 atom stereocenters. The zero-order valence-electron chi connectivity index (χ0n) is 14.7. The van der Waals surface area contributed by atoms with Crippen molar-refractivity contribution in [2.45, 2.75) is 26.4 Å². The van der Waals surface area contributed by atoms with Crippen LogP contribution in [0.5, 0.6) is 0 Å². The largest absolute Gasteiger partial charge is 0.377 e. The molecule has 1 aliphatic rings. The highest BCUT2D eigenvalue weighted by molar-refractivity contribution is 5.92. The number of hydrogen-bond acceptors (Lipinski definition) is 3.